The number of aromatic nitrogens is 3. The molecular weight excluding hydrogens is 292 g/mol. The van der Waals surface area contributed by atoms with Gasteiger partial charge < -0.3 is 10.1 Å². The van der Waals surface area contributed by atoms with E-state index in [1.165, 1.54) is 11.3 Å². The van der Waals surface area contributed by atoms with E-state index in [0.29, 0.717) is 17.5 Å². The lowest BCUT2D eigenvalue weighted by atomic mass is 10.5. The molecule has 0 fully saturated rings. The number of halogens is 1. The molecule has 0 aliphatic carbocycles. The highest BCUT2D eigenvalue weighted by Crippen LogP contribution is 2.25. The minimum absolute atomic E-state index is 0.519. The first kappa shape index (κ1) is 11.4. The first-order valence-electron chi connectivity index (χ1n) is 4.53. The minimum atomic E-state index is 0.519. The van der Waals surface area contributed by atoms with E-state index in [1.807, 2.05) is 13.1 Å². The molecule has 0 amide bonds. The maximum atomic E-state index is 5.51. The number of hydrogen-bond acceptors (Lipinski definition) is 6. The van der Waals surface area contributed by atoms with Crippen molar-refractivity contribution < 1.29 is 4.74 Å². The molecule has 0 bridgehead atoms. The maximum Gasteiger partial charge on any atom is 0.299 e. The van der Waals surface area contributed by atoms with E-state index >= 15 is 0 Å². The van der Waals surface area contributed by atoms with E-state index in [0.717, 1.165) is 9.48 Å². The van der Waals surface area contributed by atoms with Gasteiger partial charge in [-0.3, -0.25) is 4.98 Å². The van der Waals surface area contributed by atoms with Crippen LogP contribution >= 0.6 is 27.3 Å². The summed E-state index contributed by atoms with van der Waals surface area (Å²) in [4.78, 5) is 4.00. The van der Waals surface area contributed by atoms with Crippen molar-refractivity contribution >= 4 is 27.3 Å². The molecule has 1 N–H and O–H groups in total. The lowest BCUT2D eigenvalue weighted by Gasteiger charge is -1.99. The van der Waals surface area contributed by atoms with Crippen molar-refractivity contribution in [2.45, 2.75) is 6.54 Å². The first-order chi connectivity index (χ1) is 7.78. The third kappa shape index (κ3) is 2.97. The molecule has 0 aromatic carbocycles. The Balaban J connectivity index is 2.08. The Morgan fingerprint density at radius 1 is 1.44 bits per heavy atom. The van der Waals surface area contributed by atoms with Crippen LogP contribution in [0.1, 0.15) is 5.01 Å². The lowest BCUT2D eigenvalue weighted by Crippen LogP contribution is -2.04. The number of nitrogens with one attached hydrogen (secondary N) is 1. The van der Waals surface area contributed by atoms with Crippen LogP contribution < -0.4 is 10.1 Å². The van der Waals surface area contributed by atoms with Gasteiger partial charge in [-0.15, -0.1) is 5.10 Å². The van der Waals surface area contributed by atoms with Gasteiger partial charge in [-0.05, 0) is 29.0 Å². The molecule has 0 radical (unpaired) electrons. The number of nitrogens with zero attached hydrogens (tertiary/aromatic N) is 3. The van der Waals surface area contributed by atoms with Gasteiger partial charge >= 0.3 is 0 Å². The zero-order chi connectivity index (χ0) is 11.4. The van der Waals surface area contributed by atoms with Crippen LogP contribution in [-0.2, 0) is 6.54 Å². The van der Waals surface area contributed by atoms with Gasteiger partial charge in [0.15, 0.2) is 0 Å². The maximum absolute atomic E-state index is 5.51. The van der Waals surface area contributed by atoms with Gasteiger partial charge in [0.25, 0.3) is 5.19 Å². The summed E-state index contributed by atoms with van der Waals surface area (Å²) in [5.41, 5.74) is 0. The van der Waals surface area contributed by atoms with Crippen molar-refractivity contribution in [3.05, 3.63) is 27.9 Å². The van der Waals surface area contributed by atoms with Crippen LogP contribution in [0.5, 0.6) is 10.9 Å². The molecule has 0 saturated carbocycles. The van der Waals surface area contributed by atoms with E-state index in [9.17, 15) is 0 Å². The smallest absolute Gasteiger partial charge is 0.299 e. The van der Waals surface area contributed by atoms with Crippen LogP contribution in [0.3, 0.4) is 0 Å². The molecule has 0 aliphatic rings. The van der Waals surface area contributed by atoms with Crippen molar-refractivity contribution in [1.82, 2.24) is 20.5 Å². The van der Waals surface area contributed by atoms with Gasteiger partial charge in [-0.2, -0.15) is 0 Å². The second-order valence-corrected chi connectivity index (χ2v) is 4.87. The Hall–Kier alpha value is -1.05. The average molecular weight is 301 g/mol. The van der Waals surface area contributed by atoms with Gasteiger partial charge in [0.2, 0.25) is 0 Å². The van der Waals surface area contributed by atoms with Crippen molar-refractivity contribution in [2.75, 3.05) is 7.05 Å². The summed E-state index contributed by atoms with van der Waals surface area (Å²) in [6.45, 7) is 0.692. The van der Waals surface area contributed by atoms with Crippen molar-refractivity contribution in [2.24, 2.45) is 0 Å². The van der Waals surface area contributed by atoms with E-state index < -0.39 is 0 Å². The minimum Gasteiger partial charge on any atom is -0.428 e. The second kappa shape index (κ2) is 5.33. The normalized spacial score (nSPS) is 10.4. The second-order valence-electron chi connectivity index (χ2n) is 2.93. The number of hydrogen-bond donors (Lipinski definition) is 1. The molecule has 0 saturated heterocycles. The molecule has 5 nitrogen and oxygen atoms in total. The van der Waals surface area contributed by atoms with Crippen LogP contribution in [0.25, 0.3) is 0 Å². The number of rotatable bonds is 4. The van der Waals surface area contributed by atoms with Crippen molar-refractivity contribution in [3.63, 3.8) is 0 Å². The molecule has 2 heterocycles. The SMILES string of the molecule is CNCc1nnc(Oc2cncc(Br)c2)s1. The molecule has 0 atom stereocenters. The number of pyridine rings is 1. The van der Waals surface area contributed by atoms with Crippen molar-refractivity contribution in [1.29, 1.82) is 0 Å². The van der Waals surface area contributed by atoms with E-state index in [-0.39, 0.29) is 0 Å². The fourth-order valence-corrected chi connectivity index (χ4v) is 2.11. The molecule has 0 unspecified atom stereocenters. The molecule has 16 heavy (non-hydrogen) atoms. The molecule has 7 heteroatoms. The Bertz CT molecular complexity index is 476. The zero-order valence-electron chi connectivity index (χ0n) is 8.48. The fourth-order valence-electron chi connectivity index (χ4n) is 1.05. The predicted molar refractivity (Wildman–Crippen MR) is 64.7 cm³/mol. The summed E-state index contributed by atoms with van der Waals surface area (Å²) < 4.78 is 6.38. The Morgan fingerprint density at radius 2 is 2.31 bits per heavy atom. The molecule has 84 valence electrons. The van der Waals surface area contributed by atoms with Gasteiger partial charge in [0.1, 0.15) is 10.8 Å². The van der Waals surface area contributed by atoms with E-state index in [4.69, 9.17) is 4.74 Å². The van der Waals surface area contributed by atoms with Gasteiger partial charge in [0, 0.05) is 17.2 Å². The highest BCUT2D eigenvalue weighted by molar-refractivity contribution is 9.10. The zero-order valence-corrected chi connectivity index (χ0v) is 10.9. The average Bonchev–Trinajstić information content (AvgIpc) is 2.66. The monoisotopic (exact) mass is 300 g/mol. The number of ether oxygens (including phenoxy) is 1. The molecular formula is C9H9BrN4OS. The summed E-state index contributed by atoms with van der Waals surface area (Å²) in [7, 11) is 1.86. The van der Waals surface area contributed by atoms with Gasteiger partial charge in [0.05, 0.1) is 6.20 Å². The summed E-state index contributed by atoms with van der Waals surface area (Å²) >= 11 is 4.73. The van der Waals surface area contributed by atoms with Crippen LogP contribution in [-0.4, -0.2) is 22.2 Å². The Morgan fingerprint density at radius 3 is 3.06 bits per heavy atom. The highest BCUT2D eigenvalue weighted by atomic mass is 79.9. The molecule has 2 aromatic rings. The topological polar surface area (TPSA) is 59.9 Å². The summed E-state index contributed by atoms with van der Waals surface area (Å²) in [6.07, 6.45) is 3.32. The summed E-state index contributed by atoms with van der Waals surface area (Å²) in [5.74, 6) is 0.640. The third-order valence-electron chi connectivity index (χ3n) is 1.66. The van der Waals surface area contributed by atoms with Crippen LogP contribution in [0.15, 0.2) is 22.9 Å². The Labute approximate surface area is 105 Å². The molecule has 0 spiro atoms. The fraction of sp³-hybridized carbons (Fsp3) is 0.222. The van der Waals surface area contributed by atoms with Crippen LogP contribution in [0.4, 0.5) is 0 Å². The largest absolute Gasteiger partial charge is 0.428 e. The standard InChI is InChI=1S/C9H9BrN4OS/c1-11-5-8-13-14-9(16-8)15-7-2-6(10)3-12-4-7/h2-4,11H,5H2,1H3. The van der Waals surface area contributed by atoms with E-state index in [1.54, 1.807) is 12.4 Å². The summed E-state index contributed by atoms with van der Waals surface area (Å²) in [6, 6.07) is 1.83. The third-order valence-corrected chi connectivity index (χ3v) is 2.90. The Kier molecular flexibility index (Phi) is 3.81. The predicted octanol–water partition coefficient (Wildman–Crippen LogP) is 2.21. The molecule has 2 rings (SSSR count). The molecule has 0 aliphatic heterocycles. The van der Waals surface area contributed by atoms with Crippen LogP contribution in [0.2, 0.25) is 0 Å². The first-order valence-corrected chi connectivity index (χ1v) is 6.14. The lowest BCUT2D eigenvalue weighted by molar-refractivity contribution is 0.470. The molecule has 2 aromatic heterocycles. The van der Waals surface area contributed by atoms with Crippen LogP contribution in [0, 0.1) is 0 Å². The highest BCUT2D eigenvalue weighted by Gasteiger charge is 2.05. The quantitative estimate of drug-likeness (QED) is 0.938. The summed E-state index contributed by atoms with van der Waals surface area (Å²) in [5, 5.41) is 12.3. The van der Waals surface area contributed by atoms with Gasteiger partial charge in [-0.25, -0.2) is 0 Å². The van der Waals surface area contributed by atoms with E-state index in [2.05, 4.69) is 36.4 Å². The van der Waals surface area contributed by atoms with Crippen molar-refractivity contribution in [3.8, 4) is 10.9 Å². The van der Waals surface area contributed by atoms with Gasteiger partial charge in [-0.1, -0.05) is 16.4 Å².